The Hall–Kier alpha value is -4.00. The first kappa shape index (κ1) is 20.9. The van der Waals surface area contributed by atoms with Crippen molar-refractivity contribution < 1.29 is 17.6 Å². The molecule has 0 bridgehead atoms. The van der Waals surface area contributed by atoms with E-state index in [9.17, 15) is 32.4 Å². The summed E-state index contributed by atoms with van der Waals surface area (Å²) in [6.07, 6.45) is -1.22. The highest BCUT2D eigenvalue weighted by atomic mass is 19.4. The third-order valence-corrected chi connectivity index (χ3v) is 5.98. The van der Waals surface area contributed by atoms with E-state index in [4.69, 9.17) is 0 Å². The van der Waals surface area contributed by atoms with Crippen LogP contribution in [0.15, 0.2) is 58.4 Å². The lowest BCUT2D eigenvalue weighted by Crippen LogP contribution is -2.40. The van der Waals surface area contributed by atoms with Gasteiger partial charge in [0.1, 0.15) is 5.82 Å². The molecule has 1 aliphatic carbocycles. The van der Waals surface area contributed by atoms with E-state index in [1.807, 2.05) is 0 Å². The minimum atomic E-state index is -4.72. The summed E-state index contributed by atoms with van der Waals surface area (Å²) in [5, 5.41) is 9.39. The summed E-state index contributed by atoms with van der Waals surface area (Å²) in [4.78, 5) is 30.8. The van der Waals surface area contributed by atoms with Gasteiger partial charge in [-0.1, -0.05) is 12.1 Å². The fourth-order valence-electron chi connectivity index (χ4n) is 4.02. The van der Waals surface area contributed by atoms with Crippen LogP contribution < -0.4 is 11.2 Å². The molecule has 6 nitrogen and oxygen atoms in total. The van der Waals surface area contributed by atoms with E-state index < -0.39 is 34.2 Å². The number of alkyl halides is 3. The van der Waals surface area contributed by atoms with Crippen LogP contribution in [-0.4, -0.2) is 14.1 Å². The molecule has 10 heteroatoms. The second kappa shape index (κ2) is 7.00. The van der Waals surface area contributed by atoms with Gasteiger partial charge in [0.05, 0.1) is 39.8 Å². The Bertz CT molecular complexity index is 1600. The Morgan fingerprint density at radius 3 is 2.55 bits per heavy atom. The van der Waals surface area contributed by atoms with Gasteiger partial charge in [-0.2, -0.15) is 18.4 Å². The molecule has 2 aromatic heterocycles. The topological polar surface area (TPSA) is 80.7 Å². The quantitative estimate of drug-likeness (QED) is 0.436. The molecular formula is C23H14F4N4O2. The molecule has 33 heavy (non-hydrogen) atoms. The van der Waals surface area contributed by atoms with Crippen LogP contribution in [0.1, 0.15) is 18.4 Å². The number of rotatable bonds is 3. The van der Waals surface area contributed by atoms with Crippen molar-refractivity contribution in [1.82, 2.24) is 14.1 Å². The summed E-state index contributed by atoms with van der Waals surface area (Å²) < 4.78 is 56.6. The van der Waals surface area contributed by atoms with Gasteiger partial charge < -0.3 is 0 Å². The smallest absolute Gasteiger partial charge is 0.291 e. The third-order valence-electron chi connectivity index (χ3n) is 5.98. The average molecular weight is 454 g/mol. The van der Waals surface area contributed by atoms with Gasteiger partial charge in [0.15, 0.2) is 0 Å². The van der Waals surface area contributed by atoms with Gasteiger partial charge in [0.25, 0.3) is 5.56 Å². The first-order valence-corrected chi connectivity index (χ1v) is 9.96. The number of pyridine rings is 1. The van der Waals surface area contributed by atoms with E-state index in [0.717, 1.165) is 29.0 Å². The van der Waals surface area contributed by atoms with E-state index in [-0.39, 0.29) is 28.5 Å². The molecule has 1 aliphatic rings. The van der Waals surface area contributed by atoms with Gasteiger partial charge in [-0.25, -0.2) is 13.8 Å². The number of nitrogens with zero attached hydrogens (tertiary/aromatic N) is 4. The lowest BCUT2D eigenvalue weighted by Gasteiger charge is -2.18. The maximum atomic E-state index is 14.7. The van der Waals surface area contributed by atoms with Crippen LogP contribution in [0.2, 0.25) is 0 Å². The Morgan fingerprint density at radius 1 is 1.12 bits per heavy atom. The lowest BCUT2D eigenvalue weighted by molar-refractivity contribution is -0.137. The van der Waals surface area contributed by atoms with E-state index in [0.29, 0.717) is 28.9 Å². The van der Waals surface area contributed by atoms with Crippen LogP contribution in [0.4, 0.5) is 17.6 Å². The maximum absolute atomic E-state index is 14.7. The molecule has 0 spiro atoms. The SMILES string of the molecule is N#CC1(Cn2c(=O)n(-c3cncc4cccc(F)c34)c(=O)c3cc(C(F)(F)F)ccc32)CC1. The summed E-state index contributed by atoms with van der Waals surface area (Å²) >= 11 is 0. The minimum absolute atomic E-state index is 0.0237. The number of halogens is 4. The molecule has 0 saturated heterocycles. The van der Waals surface area contributed by atoms with Crippen molar-refractivity contribution in [3.8, 4) is 11.8 Å². The number of benzene rings is 2. The minimum Gasteiger partial charge on any atom is -0.291 e. The van der Waals surface area contributed by atoms with Gasteiger partial charge in [0, 0.05) is 23.5 Å². The van der Waals surface area contributed by atoms with Crippen LogP contribution in [0, 0.1) is 22.6 Å². The molecule has 1 fully saturated rings. The molecule has 2 heterocycles. The zero-order chi connectivity index (χ0) is 23.5. The Morgan fingerprint density at radius 2 is 1.88 bits per heavy atom. The summed E-state index contributed by atoms with van der Waals surface area (Å²) in [6.45, 7) is -0.106. The van der Waals surface area contributed by atoms with Crippen LogP contribution in [0.3, 0.4) is 0 Å². The van der Waals surface area contributed by atoms with Crippen molar-refractivity contribution in [2.24, 2.45) is 5.41 Å². The van der Waals surface area contributed by atoms with Crippen molar-refractivity contribution in [3.63, 3.8) is 0 Å². The van der Waals surface area contributed by atoms with E-state index in [2.05, 4.69) is 11.1 Å². The monoisotopic (exact) mass is 454 g/mol. The summed E-state index contributed by atoms with van der Waals surface area (Å²) in [7, 11) is 0. The molecule has 0 radical (unpaired) electrons. The number of hydrogen-bond acceptors (Lipinski definition) is 4. The molecule has 0 atom stereocenters. The van der Waals surface area contributed by atoms with Crippen molar-refractivity contribution in [2.45, 2.75) is 25.6 Å². The fraction of sp³-hybridized carbons (Fsp3) is 0.217. The summed E-state index contributed by atoms with van der Waals surface area (Å²) in [5.74, 6) is -0.720. The molecule has 166 valence electrons. The second-order valence-corrected chi connectivity index (χ2v) is 8.13. The fourth-order valence-corrected chi connectivity index (χ4v) is 4.02. The molecule has 0 aliphatic heterocycles. The average Bonchev–Trinajstić information content (AvgIpc) is 3.56. The second-order valence-electron chi connectivity index (χ2n) is 8.13. The summed E-state index contributed by atoms with van der Waals surface area (Å²) in [6, 6.07) is 8.77. The van der Waals surface area contributed by atoms with Gasteiger partial charge in [0.2, 0.25) is 0 Å². The first-order chi connectivity index (χ1) is 15.6. The number of fused-ring (bicyclic) bond motifs is 2. The highest BCUT2D eigenvalue weighted by molar-refractivity contribution is 5.90. The van der Waals surface area contributed by atoms with Crippen LogP contribution >= 0.6 is 0 Å². The van der Waals surface area contributed by atoms with Gasteiger partial charge in [-0.15, -0.1) is 0 Å². The Labute approximate surface area is 182 Å². The molecule has 0 amide bonds. The van der Waals surface area contributed by atoms with Gasteiger partial charge in [-0.05, 0) is 37.1 Å². The van der Waals surface area contributed by atoms with Crippen LogP contribution in [0.25, 0.3) is 27.4 Å². The Kier molecular flexibility index (Phi) is 4.43. The lowest BCUT2D eigenvalue weighted by atomic mass is 10.1. The van der Waals surface area contributed by atoms with Gasteiger partial charge in [-0.3, -0.25) is 14.3 Å². The molecular weight excluding hydrogens is 440 g/mol. The standard InChI is InChI=1S/C23H14F4N4O2/c24-16-3-1-2-13-9-29-10-18(19(13)16)31-20(32)15-8-14(23(25,26)27)4-5-17(15)30(21(31)33)12-22(11-28)6-7-22/h1-5,8-10H,6-7,12H2. The highest BCUT2D eigenvalue weighted by Crippen LogP contribution is 2.46. The molecule has 4 aromatic rings. The first-order valence-electron chi connectivity index (χ1n) is 9.96. The molecule has 0 N–H and O–H groups in total. The van der Waals surface area contributed by atoms with E-state index in [1.54, 1.807) is 0 Å². The molecule has 5 rings (SSSR count). The van der Waals surface area contributed by atoms with Crippen molar-refractivity contribution >= 4 is 21.7 Å². The Balaban J connectivity index is 1.92. The van der Waals surface area contributed by atoms with Crippen molar-refractivity contribution in [3.05, 3.63) is 81.0 Å². The van der Waals surface area contributed by atoms with Crippen molar-refractivity contribution in [2.75, 3.05) is 0 Å². The zero-order valence-corrected chi connectivity index (χ0v) is 16.9. The summed E-state index contributed by atoms with van der Waals surface area (Å²) in [5.41, 5.74) is -4.03. The largest absolute Gasteiger partial charge is 0.416 e. The van der Waals surface area contributed by atoms with Gasteiger partial charge >= 0.3 is 11.9 Å². The molecule has 1 saturated carbocycles. The highest BCUT2D eigenvalue weighted by Gasteiger charge is 2.44. The molecule has 0 unspecified atom stereocenters. The number of aromatic nitrogens is 3. The number of nitriles is 1. The molecule has 2 aromatic carbocycles. The normalized spacial score (nSPS) is 15.0. The predicted molar refractivity (Wildman–Crippen MR) is 111 cm³/mol. The predicted octanol–water partition coefficient (Wildman–Crippen LogP) is 4.16. The van der Waals surface area contributed by atoms with Crippen LogP contribution in [-0.2, 0) is 12.7 Å². The van der Waals surface area contributed by atoms with E-state index >= 15 is 0 Å². The zero-order valence-electron chi connectivity index (χ0n) is 16.9. The number of hydrogen-bond donors (Lipinski definition) is 0. The third kappa shape index (κ3) is 3.28. The van der Waals surface area contributed by atoms with E-state index in [1.165, 1.54) is 18.3 Å². The van der Waals surface area contributed by atoms with Crippen molar-refractivity contribution in [1.29, 1.82) is 5.26 Å². The maximum Gasteiger partial charge on any atom is 0.416 e. The van der Waals surface area contributed by atoms with Crippen LogP contribution in [0.5, 0.6) is 0 Å².